The Bertz CT molecular complexity index is 446. The van der Waals surface area contributed by atoms with Gasteiger partial charge < -0.3 is 10.4 Å². The van der Waals surface area contributed by atoms with Gasteiger partial charge in [-0.1, -0.05) is 18.9 Å². The van der Waals surface area contributed by atoms with Crippen LogP contribution in [0.25, 0.3) is 0 Å². The van der Waals surface area contributed by atoms with E-state index in [2.05, 4.69) is 43.5 Å². The molecule has 0 bridgehead atoms. The summed E-state index contributed by atoms with van der Waals surface area (Å²) in [4.78, 5) is 4.43. The summed E-state index contributed by atoms with van der Waals surface area (Å²) in [7, 11) is 0. The van der Waals surface area contributed by atoms with Gasteiger partial charge in [0.25, 0.3) is 0 Å². The monoisotopic (exact) mass is 359 g/mol. The summed E-state index contributed by atoms with van der Waals surface area (Å²) in [6.07, 6.45) is 6.52. The lowest BCUT2D eigenvalue weighted by atomic mass is 10.2. The SMILES string of the molecule is CCc1cc(CNCC2CCC(O)N2SC)ncc1Br. The van der Waals surface area contributed by atoms with Crippen molar-refractivity contribution in [3.05, 3.63) is 28.0 Å². The molecular weight excluding hydrogens is 338 g/mol. The number of aryl methyl sites for hydroxylation is 1. The maximum atomic E-state index is 9.83. The molecule has 2 heterocycles. The van der Waals surface area contributed by atoms with Crippen molar-refractivity contribution in [2.24, 2.45) is 0 Å². The minimum atomic E-state index is -0.297. The maximum absolute atomic E-state index is 9.83. The highest BCUT2D eigenvalue weighted by atomic mass is 79.9. The Kier molecular flexibility index (Phi) is 6.29. The molecule has 0 aliphatic carbocycles. The lowest BCUT2D eigenvalue weighted by molar-refractivity contribution is 0.0883. The summed E-state index contributed by atoms with van der Waals surface area (Å²) in [5.41, 5.74) is 2.36. The van der Waals surface area contributed by atoms with Crippen LogP contribution < -0.4 is 5.32 Å². The normalized spacial score (nSPS) is 23.4. The van der Waals surface area contributed by atoms with Crippen LogP contribution in [0.15, 0.2) is 16.7 Å². The molecule has 0 saturated carbocycles. The molecule has 0 aromatic carbocycles. The Morgan fingerprint density at radius 1 is 1.55 bits per heavy atom. The van der Waals surface area contributed by atoms with Gasteiger partial charge in [0, 0.05) is 29.8 Å². The number of pyridine rings is 1. The van der Waals surface area contributed by atoms with Crippen molar-refractivity contribution < 1.29 is 5.11 Å². The highest BCUT2D eigenvalue weighted by Crippen LogP contribution is 2.27. The molecule has 2 N–H and O–H groups in total. The maximum Gasteiger partial charge on any atom is 0.116 e. The molecule has 1 saturated heterocycles. The fourth-order valence-corrected chi connectivity index (χ4v) is 3.89. The predicted molar refractivity (Wildman–Crippen MR) is 87.4 cm³/mol. The molecule has 1 aliphatic rings. The van der Waals surface area contributed by atoms with E-state index in [4.69, 9.17) is 0 Å². The second-order valence-corrected chi connectivity index (χ2v) is 6.65. The summed E-state index contributed by atoms with van der Waals surface area (Å²) < 4.78 is 3.16. The zero-order valence-corrected chi connectivity index (χ0v) is 14.4. The fraction of sp³-hybridized carbons (Fsp3) is 0.643. The Morgan fingerprint density at radius 2 is 2.35 bits per heavy atom. The summed E-state index contributed by atoms with van der Waals surface area (Å²) in [6.45, 7) is 3.81. The molecule has 20 heavy (non-hydrogen) atoms. The summed E-state index contributed by atoms with van der Waals surface area (Å²) >= 11 is 5.14. The van der Waals surface area contributed by atoms with E-state index in [-0.39, 0.29) is 6.23 Å². The first-order chi connectivity index (χ1) is 9.65. The van der Waals surface area contributed by atoms with Crippen molar-refractivity contribution in [1.82, 2.24) is 14.6 Å². The van der Waals surface area contributed by atoms with E-state index in [1.54, 1.807) is 11.9 Å². The lowest BCUT2D eigenvalue weighted by Gasteiger charge is -2.24. The molecule has 2 rings (SSSR count). The third kappa shape index (κ3) is 3.95. The van der Waals surface area contributed by atoms with Crippen LogP contribution >= 0.6 is 27.9 Å². The average molecular weight is 360 g/mol. The van der Waals surface area contributed by atoms with Crippen LogP contribution in [0, 0.1) is 0 Å². The zero-order chi connectivity index (χ0) is 14.5. The van der Waals surface area contributed by atoms with Crippen molar-refractivity contribution in [3.63, 3.8) is 0 Å². The first-order valence-electron chi connectivity index (χ1n) is 7.00. The van der Waals surface area contributed by atoms with Gasteiger partial charge in [0.2, 0.25) is 0 Å². The quantitative estimate of drug-likeness (QED) is 0.764. The van der Waals surface area contributed by atoms with Crippen molar-refractivity contribution in [3.8, 4) is 0 Å². The standard InChI is InChI=1S/C14H22BrN3OS/c1-3-10-6-11(17-9-13(10)15)7-16-8-12-4-5-14(19)18(12)20-2/h6,9,12,14,16,19H,3-5,7-8H2,1-2H3. The lowest BCUT2D eigenvalue weighted by Crippen LogP contribution is -2.37. The van der Waals surface area contributed by atoms with Crippen molar-refractivity contribution in [1.29, 1.82) is 0 Å². The first kappa shape index (κ1) is 16.2. The van der Waals surface area contributed by atoms with E-state index in [0.29, 0.717) is 6.04 Å². The van der Waals surface area contributed by atoms with E-state index in [1.807, 2.05) is 12.5 Å². The number of nitrogens with one attached hydrogen (secondary N) is 1. The number of aliphatic hydroxyl groups excluding tert-OH is 1. The van der Waals surface area contributed by atoms with Crippen molar-refractivity contribution in [2.75, 3.05) is 12.8 Å². The molecule has 1 aromatic rings. The summed E-state index contributed by atoms with van der Waals surface area (Å²) in [5.74, 6) is 0. The second-order valence-electron chi connectivity index (χ2n) is 5.01. The summed E-state index contributed by atoms with van der Waals surface area (Å²) in [5, 5.41) is 13.3. The molecule has 0 spiro atoms. The zero-order valence-electron chi connectivity index (χ0n) is 12.0. The molecule has 1 fully saturated rings. The Morgan fingerprint density at radius 3 is 3.05 bits per heavy atom. The van der Waals surface area contributed by atoms with Crippen LogP contribution in [-0.2, 0) is 13.0 Å². The highest BCUT2D eigenvalue weighted by molar-refractivity contribution is 9.10. The van der Waals surface area contributed by atoms with Crippen LogP contribution in [0.4, 0.5) is 0 Å². The van der Waals surface area contributed by atoms with Gasteiger partial charge in [-0.3, -0.25) is 4.98 Å². The average Bonchev–Trinajstić information content (AvgIpc) is 2.81. The van der Waals surface area contributed by atoms with E-state index in [9.17, 15) is 5.11 Å². The molecule has 6 heteroatoms. The van der Waals surface area contributed by atoms with Crippen molar-refractivity contribution >= 4 is 27.9 Å². The van der Waals surface area contributed by atoms with Gasteiger partial charge in [-0.05, 0) is 53.1 Å². The molecule has 1 aliphatic heterocycles. The molecule has 0 amide bonds. The molecule has 2 unspecified atom stereocenters. The highest BCUT2D eigenvalue weighted by Gasteiger charge is 2.31. The number of aliphatic hydroxyl groups is 1. The molecular formula is C14H22BrN3OS. The van der Waals surface area contributed by atoms with Gasteiger partial charge in [-0.25, -0.2) is 4.31 Å². The van der Waals surface area contributed by atoms with Gasteiger partial charge in [-0.15, -0.1) is 0 Å². The smallest absolute Gasteiger partial charge is 0.116 e. The van der Waals surface area contributed by atoms with Gasteiger partial charge in [-0.2, -0.15) is 0 Å². The largest absolute Gasteiger partial charge is 0.378 e. The van der Waals surface area contributed by atoms with Crippen LogP contribution in [0.1, 0.15) is 31.0 Å². The van der Waals surface area contributed by atoms with Gasteiger partial charge >= 0.3 is 0 Å². The molecule has 0 radical (unpaired) electrons. The number of nitrogens with zero attached hydrogens (tertiary/aromatic N) is 2. The Balaban J connectivity index is 1.84. The number of hydrogen-bond acceptors (Lipinski definition) is 5. The number of rotatable bonds is 6. The van der Waals surface area contributed by atoms with Gasteiger partial charge in [0.1, 0.15) is 6.23 Å². The van der Waals surface area contributed by atoms with Gasteiger partial charge in [0.15, 0.2) is 0 Å². The Hall–Kier alpha value is -0.140. The number of hydrogen-bond donors (Lipinski definition) is 2. The fourth-order valence-electron chi connectivity index (χ4n) is 2.57. The first-order valence-corrected chi connectivity index (χ1v) is 8.97. The van der Waals surface area contributed by atoms with Crippen LogP contribution in [0.3, 0.4) is 0 Å². The minimum absolute atomic E-state index is 0.297. The van der Waals surface area contributed by atoms with Crippen molar-refractivity contribution in [2.45, 2.75) is 45.0 Å². The molecule has 2 atom stereocenters. The van der Waals surface area contributed by atoms with E-state index in [1.165, 1.54) is 5.56 Å². The van der Waals surface area contributed by atoms with E-state index in [0.717, 1.165) is 42.5 Å². The molecule has 112 valence electrons. The number of aromatic nitrogens is 1. The molecule has 1 aromatic heterocycles. The molecule has 4 nitrogen and oxygen atoms in total. The van der Waals surface area contributed by atoms with Crippen LogP contribution in [0.5, 0.6) is 0 Å². The van der Waals surface area contributed by atoms with Crippen LogP contribution in [-0.4, -0.2) is 39.5 Å². The third-order valence-corrected chi connectivity index (χ3v) is 5.36. The van der Waals surface area contributed by atoms with E-state index < -0.39 is 0 Å². The number of halogens is 1. The third-order valence-electron chi connectivity index (χ3n) is 3.68. The predicted octanol–water partition coefficient (Wildman–Crippen LogP) is 2.56. The van der Waals surface area contributed by atoms with Gasteiger partial charge in [0.05, 0.1) is 5.69 Å². The topological polar surface area (TPSA) is 48.4 Å². The second kappa shape index (κ2) is 7.75. The minimum Gasteiger partial charge on any atom is -0.378 e. The van der Waals surface area contributed by atoms with E-state index >= 15 is 0 Å². The summed E-state index contributed by atoms with van der Waals surface area (Å²) in [6, 6.07) is 2.55. The van der Waals surface area contributed by atoms with Crippen LogP contribution in [0.2, 0.25) is 0 Å². The Labute approximate surface area is 133 Å².